The lowest BCUT2D eigenvalue weighted by molar-refractivity contribution is -0.122. The summed E-state index contributed by atoms with van der Waals surface area (Å²) < 4.78 is 9.50. The van der Waals surface area contributed by atoms with Gasteiger partial charge in [-0.15, -0.1) is 0 Å². The number of ether oxygens (including phenoxy) is 2. The number of ketones is 1. The fraction of sp³-hybridized carbons (Fsp3) is 0.176. The lowest BCUT2D eigenvalue weighted by Crippen LogP contribution is -2.50. The van der Waals surface area contributed by atoms with Gasteiger partial charge in [0.2, 0.25) is 11.8 Å². The molecule has 1 aliphatic heterocycles. The Morgan fingerprint density at radius 1 is 0.786 bits per heavy atom. The van der Waals surface area contributed by atoms with Crippen LogP contribution in [0.15, 0.2) is 97.1 Å². The average molecular weight is 622 g/mol. The number of anilines is 1. The summed E-state index contributed by atoms with van der Waals surface area (Å²) >= 11 is 3.99. The monoisotopic (exact) mass is 621 g/mol. The number of carbonyl (C=O) groups excluding carboxylic acids is 4. The van der Waals surface area contributed by atoms with Gasteiger partial charge in [0.05, 0.1) is 34.5 Å². The third kappa shape index (κ3) is 3.71. The van der Waals surface area contributed by atoms with Gasteiger partial charge in [0.25, 0.3) is 0 Å². The van der Waals surface area contributed by atoms with Gasteiger partial charge < -0.3 is 9.47 Å². The van der Waals surface area contributed by atoms with Gasteiger partial charge in [0.15, 0.2) is 12.4 Å². The normalized spacial score (nSPS) is 23.2. The Balaban J connectivity index is 1.13. The van der Waals surface area contributed by atoms with Crippen molar-refractivity contribution in [2.75, 3.05) is 18.6 Å². The lowest BCUT2D eigenvalue weighted by Gasteiger charge is -2.51. The van der Waals surface area contributed by atoms with E-state index in [0.29, 0.717) is 17.0 Å². The fourth-order valence-electron chi connectivity index (χ4n) is 6.75. The molecule has 8 heteroatoms. The van der Waals surface area contributed by atoms with Gasteiger partial charge in [-0.1, -0.05) is 64.5 Å². The van der Waals surface area contributed by atoms with E-state index in [-0.39, 0.29) is 29.1 Å². The molecule has 4 aromatic rings. The van der Waals surface area contributed by atoms with Crippen molar-refractivity contribution in [2.45, 2.75) is 10.2 Å². The van der Waals surface area contributed by atoms with Crippen LogP contribution in [0.4, 0.5) is 5.69 Å². The minimum atomic E-state index is -0.832. The van der Waals surface area contributed by atoms with Crippen LogP contribution < -0.4 is 9.64 Å². The highest BCUT2D eigenvalue weighted by Gasteiger charge is 2.67. The fourth-order valence-corrected chi connectivity index (χ4v) is 7.96. The number of hydrogen-bond acceptors (Lipinski definition) is 6. The molecule has 0 N–H and O–H groups in total. The predicted molar refractivity (Wildman–Crippen MR) is 158 cm³/mol. The Kier molecular flexibility index (Phi) is 6.13. The maximum Gasteiger partial charge on any atom is 0.338 e. The summed E-state index contributed by atoms with van der Waals surface area (Å²) in [5.74, 6) is -2.37. The van der Waals surface area contributed by atoms with Crippen LogP contribution in [0.3, 0.4) is 0 Å². The molecular formula is C34H24BrNO6. The number of nitrogens with zero attached hydrogens (tertiary/aromatic N) is 1. The van der Waals surface area contributed by atoms with Gasteiger partial charge in [-0.05, 0) is 70.8 Å². The zero-order valence-electron chi connectivity index (χ0n) is 22.5. The Labute approximate surface area is 250 Å². The molecule has 42 heavy (non-hydrogen) atoms. The molecule has 8 rings (SSSR count). The Hall–Kier alpha value is -4.56. The van der Waals surface area contributed by atoms with E-state index in [4.69, 9.17) is 9.47 Å². The molecular weight excluding hydrogens is 598 g/mol. The molecule has 4 aromatic carbocycles. The van der Waals surface area contributed by atoms with Crippen molar-refractivity contribution >= 4 is 45.2 Å². The van der Waals surface area contributed by atoms with Crippen molar-refractivity contribution in [1.82, 2.24) is 0 Å². The molecule has 2 atom stereocenters. The van der Waals surface area contributed by atoms with Crippen molar-refractivity contribution in [1.29, 1.82) is 0 Å². The molecule has 7 nitrogen and oxygen atoms in total. The number of amides is 2. The first-order valence-corrected chi connectivity index (χ1v) is 14.3. The number of carbonyl (C=O) groups is 4. The van der Waals surface area contributed by atoms with Crippen LogP contribution in [-0.2, 0) is 18.7 Å². The zero-order valence-corrected chi connectivity index (χ0v) is 24.0. The largest absolute Gasteiger partial charge is 0.497 e. The molecule has 2 amide bonds. The molecule has 0 unspecified atom stereocenters. The van der Waals surface area contributed by atoms with Gasteiger partial charge in [-0.2, -0.15) is 0 Å². The number of rotatable bonds is 6. The van der Waals surface area contributed by atoms with E-state index in [1.54, 1.807) is 36.4 Å². The van der Waals surface area contributed by atoms with Gasteiger partial charge >= 0.3 is 5.97 Å². The van der Waals surface area contributed by atoms with E-state index in [1.165, 1.54) is 24.1 Å². The van der Waals surface area contributed by atoms with Gasteiger partial charge in [0.1, 0.15) is 5.75 Å². The lowest BCUT2D eigenvalue weighted by atomic mass is 9.55. The Bertz CT molecular complexity index is 1730. The number of esters is 1. The highest BCUT2D eigenvalue weighted by Crippen LogP contribution is 2.66. The van der Waals surface area contributed by atoms with Crippen LogP contribution in [-0.4, -0.2) is 37.3 Å². The third-order valence-electron chi connectivity index (χ3n) is 8.62. The summed E-state index contributed by atoms with van der Waals surface area (Å²) in [5.41, 5.74) is 5.12. The maximum atomic E-state index is 14.1. The highest BCUT2D eigenvalue weighted by atomic mass is 79.9. The maximum absolute atomic E-state index is 14.1. The first-order valence-electron chi connectivity index (χ1n) is 13.5. The van der Waals surface area contributed by atoms with Crippen molar-refractivity contribution in [3.05, 3.63) is 130 Å². The van der Waals surface area contributed by atoms with E-state index in [0.717, 1.165) is 22.3 Å². The standard InChI is InChI=1S/C34H24BrNO6/c1-41-22-16-12-19(13-17-22)27(37)18-42-33(40)20-10-14-21(15-11-20)36-31(38)29-28-23-6-2-4-8-25(23)34(35,30(29)32(36)39)26-9-5-3-7-24(26)28/h2-17,28-30H,18H2,1H3/t28?,29-,30-,34?/m0/s1. The van der Waals surface area contributed by atoms with Crippen molar-refractivity contribution in [3.63, 3.8) is 0 Å². The van der Waals surface area contributed by atoms with Crippen molar-refractivity contribution < 1.29 is 28.7 Å². The van der Waals surface area contributed by atoms with Crippen LogP contribution >= 0.6 is 15.9 Å². The molecule has 3 aliphatic carbocycles. The second-order valence-electron chi connectivity index (χ2n) is 10.7. The van der Waals surface area contributed by atoms with Crippen LogP contribution in [0, 0.1) is 11.8 Å². The third-order valence-corrected chi connectivity index (χ3v) is 9.97. The summed E-state index contributed by atoms with van der Waals surface area (Å²) in [6.07, 6.45) is 0. The van der Waals surface area contributed by atoms with Gasteiger partial charge in [-0.3, -0.25) is 14.4 Å². The summed E-state index contributed by atoms with van der Waals surface area (Å²) in [7, 11) is 1.53. The quantitative estimate of drug-likeness (QED) is 0.120. The minimum Gasteiger partial charge on any atom is -0.497 e. The molecule has 0 aromatic heterocycles. The molecule has 2 bridgehead atoms. The SMILES string of the molecule is COc1ccc(C(=O)COC(=O)c2ccc(N3C(=O)[C@@H]4[C@@H](C3=O)C3c5ccccc5C4(Br)c4ccccc43)cc2)cc1. The first-order chi connectivity index (χ1) is 20.3. The molecule has 208 valence electrons. The van der Waals surface area contributed by atoms with E-state index in [2.05, 4.69) is 15.9 Å². The van der Waals surface area contributed by atoms with Gasteiger partial charge in [0, 0.05) is 11.5 Å². The second-order valence-corrected chi connectivity index (χ2v) is 11.9. The number of alkyl halides is 1. The minimum absolute atomic E-state index is 0.203. The predicted octanol–water partition coefficient (Wildman–Crippen LogP) is 5.64. The summed E-state index contributed by atoms with van der Waals surface area (Å²) in [6, 6.07) is 28.7. The van der Waals surface area contributed by atoms with Crippen molar-refractivity contribution in [3.8, 4) is 5.75 Å². The molecule has 0 radical (unpaired) electrons. The number of methoxy groups -OCH3 is 1. The zero-order chi connectivity index (χ0) is 29.2. The number of halogens is 1. The number of hydrogen-bond donors (Lipinski definition) is 0. The topological polar surface area (TPSA) is 90.0 Å². The van der Waals surface area contributed by atoms with Crippen molar-refractivity contribution in [2.24, 2.45) is 11.8 Å². The second kappa shape index (κ2) is 9.77. The Morgan fingerprint density at radius 2 is 1.36 bits per heavy atom. The molecule has 1 saturated heterocycles. The summed E-state index contributed by atoms with van der Waals surface area (Å²) in [4.78, 5) is 54.5. The van der Waals surface area contributed by atoms with Crippen LogP contribution in [0.1, 0.15) is 48.9 Å². The molecule has 1 heterocycles. The number of imide groups is 1. The smallest absolute Gasteiger partial charge is 0.338 e. The van der Waals surface area contributed by atoms with E-state index < -0.39 is 28.7 Å². The number of benzene rings is 4. The average Bonchev–Trinajstić information content (AvgIpc) is 3.30. The molecule has 0 spiro atoms. The number of Topliss-reactive ketones (excluding diaryl/α,β-unsaturated/α-hetero) is 1. The van der Waals surface area contributed by atoms with E-state index in [9.17, 15) is 19.2 Å². The van der Waals surface area contributed by atoms with Gasteiger partial charge in [-0.25, -0.2) is 9.69 Å². The van der Waals surface area contributed by atoms with E-state index >= 15 is 0 Å². The summed E-state index contributed by atoms with van der Waals surface area (Å²) in [5, 5.41) is 0. The van der Waals surface area contributed by atoms with Crippen LogP contribution in [0.5, 0.6) is 5.75 Å². The molecule has 1 fully saturated rings. The first kappa shape index (κ1) is 26.3. The highest BCUT2D eigenvalue weighted by molar-refractivity contribution is 9.09. The Morgan fingerprint density at radius 3 is 1.95 bits per heavy atom. The van der Waals surface area contributed by atoms with Crippen LogP contribution in [0.2, 0.25) is 0 Å². The van der Waals surface area contributed by atoms with Crippen LogP contribution in [0.25, 0.3) is 0 Å². The molecule has 0 saturated carbocycles. The summed E-state index contributed by atoms with van der Waals surface area (Å²) in [6.45, 7) is -0.421. The molecule has 4 aliphatic rings. The van der Waals surface area contributed by atoms with E-state index in [1.807, 2.05) is 48.5 Å².